The Morgan fingerprint density at radius 1 is 1.03 bits per heavy atom. The van der Waals surface area contributed by atoms with Crippen molar-refractivity contribution in [2.24, 2.45) is 0 Å². The molecule has 2 N–H and O–H groups in total. The molecule has 0 bridgehead atoms. The van der Waals surface area contributed by atoms with Crippen molar-refractivity contribution < 1.29 is 18.7 Å². The summed E-state index contributed by atoms with van der Waals surface area (Å²) in [7, 11) is 0. The number of carbonyl (C=O) groups excluding carboxylic acids is 2. The van der Waals surface area contributed by atoms with E-state index in [1.807, 2.05) is 6.92 Å². The largest absolute Gasteiger partial charge is 0.484 e. The van der Waals surface area contributed by atoms with Gasteiger partial charge >= 0.3 is 0 Å². The number of nitrogens with zero attached hydrogens (tertiary/aromatic N) is 1. The van der Waals surface area contributed by atoms with Crippen molar-refractivity contribution in [2.75, 3.05) is 17.2 Å². The summed E-state index contributed by atoms with van der Waals surface area (Å²) in [6.07, 6.45) is 2.20. The van der Waals surface area contributed by atoms with Crippen molar-refractivity contribution in [3.8, 4) is 5.75 Å². The summed E-state index contributed by atoms with van der Waals surface area (Å²) in [5.41, 5.74) is 3.85. The van der Waals surface area contributed by atoms with Crippen LogP contribution in [0.1, 0.15) is 32.3 Å². The maximum absolute atomic E-state index is 12.4. The first-order valence-corrected chi connectivity index (χ1v) is 11.2. The van der Waals surface area contributed by atoms with Gasteiger partial charge in [0.25, 0.3) is 11.8 Å². The highest BCUT2D eigenvalue weighted by Crippen LogP contribution is 2.25. The number of aromatic nitrogens is 1. The zero-order chi connectivity index (χ0) is 23.2. The van der Waals surface area contributed by atoms with Gasteiger partial charge in [-0.05, 0) is 43.7 Å². The predicted octanol–water partition coefficient (Wildman–Crippen LogP) is 5.21. The fraction of sp³-hybridized carbons (Fsp3) is 0.160. The standard InChI is InChI=1S/C25H23N3O4S/c1-16-8-10-18(11-9-16)13-22-17(2)26-25(33-22)28-23(29)15-32-20-6-3-5-19(14-20)27-24(30)21-7-4-12-31-21/h3-12,14H,13,15H2,1-2H3,(H,27,30)(H,26,28,29). The number of aryl methyl sites for hydroxylation is 2. The highest BCUT2D eigenvalue weighted by Gasteiger charge is 2.13. The topological polar surface area (TPSA) is 93.5 Å². The molecule has 2 heterocycles. The van der Waals surface area contributed by atoms with Gasteiger partial charge in [0.2, 0.25) is 0 Å². The molecule has 0 aliphatic carbocycles. The molecule has 0 saturated heterocycles. The molecule has 2 amide bonds. The molecule has 0 spiro atoms. The first kappa shape index (κ1) is 22.3. The van der Waals surface area contributed by atoms with Crippen molar-refractivity contribution in [1.29, 1.82) is 0 Å². The number of anilines is 2. The fourth-order valence-electron chi connectivity index (χ4n) is 3.11. The Morgan fingerprint density at radius 2 is 1.85 bits per heavy atom. The van der Waals surface area contributed by atoms with Crippen LogP contribution in [0.4, 0.5) is 10.8 Å². The van der Waals surface area contributed by atoms with Crippen LogP contribution in [-0.4, -0.2) is 23.4 Å². The average Bonchev–Trinajstić information content (AvgIpc) is 3.45. The predicted molar refractivity (Wildman–Crippen MR) is 128 cm³/mol. The first-order chi connectivity index (χ1) is 16.0. The highest BCUT2D eigenvalue weighted by atomic mass is 32.1. The van der Waals surface area contributed by atoms with E-state index >= 15 is 0 Å². The van der Waals surface area contributed by atoms with Gasteiger partial charge in [0.1, 0.15) is 5.75 Å². The third-order valence-electron chi connectivity index (χ3n) is 4.83. The van der Waals surface area contributed by atoms with Crippen LogP contribution in [0.15, 0.2) is 71.3 Å². The normalized spacial score (nSPS) is 10.6. The molecule has 8 heteroatoms. The van der Waals surface area contributed by atoms with Crippen molar-refractivity contribution in [3.63, 3.8) is 0 Å². The third kappa shape index (κ3) is 6.08. The Labute approximate surface area is 195 Å². The number of furan rings is 1. The molecule has 2 aromatic heterocycles. The van der Waals surface area contributed by atoms with Crippen molar-refractivity contribution in [2.45, 2.75) is 20.3 Å². The van der Waals surface area contributed by atoms with E-state index in [4.69, 9.17) is 9.15 Å². The Morgan fingerprint density at radius 3 is 2.61 bits per heavy atom. The second kappa shape index (κ2) is 10.1. The molecule has 168 valence electrons. The van der Waals surface area contributed by atoms with Crippen LogP contribution in [0.2, 0.25) is 0 Å². The van der Waals surface area contributed by atoms with Crippen LogP contribution in [0.5, 0.6) is 5.75 Å². The lowest BCUT2D eigenvalue weighted by Crippen LogP contribution is -2.20. The van der Waals surface area contributed by atoms with Crippen molar-refractivity contribution in [1.82, 2.24) is 4.98 Å². The van der Waals surface area contributed by atoms with Gasteiger partial charge in [-0.15, -0.1) is 11.3 Å². The number of benzene rings is 2. The second-order valence-corrected chi connectivity index (χ2v) is 8.57. The van der Waals surface area contributed by atoms with Gasteiger partial charge in [0.05, 0.1) is 12.0 Å². The van der Waals surface area contributed by atoms with Crippen molar-refractivity contribution in [3.05, 3.63) is 94.4 Å². The number of nitrogens with one attached hydrogen (secondary N) is 2. The number of thiazole rings is 1. The molecule has 0 unspecified atom stereocenters. The fourth-order valence-corrected chi connectivity index (χ4v) is 4.12. The van der Waals surface area contributed by atoms with E-state index in [1.165, 1.54) is 28.7 Å². The van der Waals surface area contributed by atoms with Crippen LogP contribution >= 0.6 is 11.3 Å². The number of ether oxygens (including phenoxy) is 1. The zero-order valence-electron chi connectivity index (χ0n) is 18.3. The molecular formula is C25H23N3O4S. The Hall–Kier alpha value is -3.91. The number of amides is 2. The minimum atomic E-state index is -0.365. The van der Waals surface area contributed by atoms with Gasteiger partial charge < -0.3 is 14.5 Å². The minimum Gasteiger partial charge on any atom is -0.484 e. The van der Waals surface area contributed by atoms with Gasteiger partial charge in [0, 0.05) is 23.1 Å². The Balaban J connectivity index is 1.30. The van der Waals surface area contributed by atoms with E-state index in [2.05, 4.69) is 46.8 Å². The molecule has 7 nitrogen and oxygen atoms in total. The van der Waals surface area contributed by atoms with Crippen LogP contribution < -0.4 is 15.4 Å². The summed E-state index contributed by atoms with van der Waals surface area (Å²) in [5.74, 6) is -0.00917. The highest BCUT2D eigenvalue weighted by molar-refractivity contribution is 7.15. The number of carbonyl (C=O) groups is 2. The lowest BCUT2D eigenvalue weighted by Gasteiger charge is -2.08. The van der Waals surface area contributed by atoms with Crippen LogP contribution in [0.25, 0.3) is 0 Å². The third-order valence-corrected chi connectivity index (χ3v) is 5.90. The number of hydrogen-bond donors (Lipinski definition) is 2. The quantitative estimate of drug-likeness (QED) is 0.376. The lowest BCUT2D eigenvalue weighted by molar-refractivity contribution is -0.118. The van der Waals surface area contributed by atoms with Gasteiger partial charge in [-0.1, -0.05) is 35.9 Å². The lowest BCUT2D eigenvalue weighted by atomic mass is 10.1. The molecule has 33 heavy (non-hydrogen) atoms. The maximum atomic E-state index is 12.4. The van der Waals surface area contributed by atoms with Crippen LogP contribution in [0.3, 0.4) is 0 Å². The summed E-state index contributed by atoms with van der Waals surface area (Å²) < 4.78 is 10.7. The smallest absolute Gasteiger partial charge is 0.291 e. The van der Waals surface area contributed by atoms with E-state index in [9.17, 15) is 9.59 Å². The van der Waals surface area contributed by atoms with Gasteiger partial charge in [-0.25, -0.2) is 4.98 Å². The summed E-state index contributed by atoms with van der Waals surface area (Å²) in [6.45, 7) is 3.82. The minimum absolute atomic E-state index is 0.179. The number of rotatable bonds is 8. The average molecular weight is 462 g/mol. The van der Waals surface area contributed by atoms with E-state index in [-0.39, 0.29) is 24.2 Å². The molecule has 2 aromatic carbocycles. The molecular weight excluding hydrogens is 438 g/mol. The zero-order valence-corrected chi connectivity index (χ0v) is 19.1. The van der Waals surface area contributed by atoms with Crippen molar-refractivity contribution >= 4 is 34.0 Å². The Bertz CT molecular complexity index is 1250. The summed E-state index contributed by atoms with van der Waals surface area (Å²) in [4.78, 5) is 30.0. The Kier molecular flexibility index (Phi) is 6.85. The maximum Gasteiger partial charge on any atom is 0.291 e. The molecule has 0 atom stereocenters. The monoisotopic (exact) mass is 461 g/mol. The number of hydrogen-bond acceptors (Lipinski definition) is 6. The first-order valence-electron chi connectivity index (χ1n) is 10.4. The van der Waals surface area contributed by atoms with E-state index < -0.39 is 0 Å². The summed E-state index contributed by atoms with van der Waals surface area (Å²) in [5, 5.41) is 6.06. The van der Waals surface area contributed by atoms with Gasteiger partial charge in [-0.2, -0.15) is 0 Å². The summed E-state index contributed by atoms with van der Waals surface area (Å²) in [6, 6.07) is 18.4. The SMILES string of the molecule is Cc1ccc(Cc2sc(NC(=O)COc3cccc(NC(=O)c4ccco4)c3)nc2C)cc1. The van der Waals surface area contributed by atoms with E-state index in [0.29, 0.717) is 16.6 Å². The molecule has 0 aliphatic rings. The van der Waals surface area contributed by atoms with Crippen LogP contribution in [-0.2, 0) is 11.2 Å². The molecule has 4 aromatic rings. The molecule has 0 radical (unpaired) electrons. The van der Waals surface area contributed by atoms with E-state index in [0.717, 1.165) is 17.0 Å². The molecule has 4 rings (SSSR count). The summed E-state index contributed by atoms with van der Waals surface area (Å²) >= 11 is 1.46. The second-order valence-electron chi connectivity index (χ2n) is 7.49. The van der Waals surface area contributed by atoms with Gasteiger partial charge in [0.15, 0.2) is 17.5 Å². The molecule has 0 aliphatic heterocycles. The molecule has 0 fully saturated rings. The van der Waals surface area contributed by atoms with Crippen LogP contribution in [0, 0.1) is 13.8 Å². The van der Waals surface area contributed by atoms with E-state index in [1.54, 1.807) is 36.4 Å². The molecule has 0 saturated carbocycles. The van der Waals surface area contributed by atoms with Gasteiger partial charge in [-0.3, -0.25) is 14.9 Å².